The number of thiophene rings is 1. The molecule has 234 valence electrons. The Labute approximate surface area is 292 Å². The van der Waals surface area contributed by atoms with Gasteiger partial charge in [0.25, 0.3) is 0 Å². The number of para-hydroxylation sites is 2. The van der Waals surface area contributed by atoms with E-state index in [1.54, 1.807) is 11.3 Å². The van der Waals surface area contributed by atoms with Crippen molar-refractivity contribution >= 4 is 53.4 Å². The minimum absolute atomic E-state index is 0.572. The van der Waals surface area contributed by atoms with Gasteiger partial charge in [-0.3, -0.25) is 0 Å². The van der Waals surface area contributed by atoms with Gasteiger partial charge < -0.3 is 4.42 Å². The molecule has 4 nitrogen and oxygen atoms in total. The van der Waals surface area contributed by atoms with Crippen LogP contribution in [0.25, 0.3) is 98.5 Å². The Balaban J connectivity index is 1.19. The van der Waals surface area contributed by atoms with E-state index in [-0.39, 0.29) is 0 Å². The average molecular weight is 658 g/mol. The highest BCUT2D eigenvalue weighted by Crippen LogP contribution is 2.41. The monoisotopic (exact) mass is 657 g/mol. The molecule has 0 aliphatic heterocycles. The summed E-state index contributed by atoms with van der Waals surface area (Å²) in [5.74, 6) is 1.81. The zero-order valence-electron chi connectivity index (χ0n) is 26.7. The van der Waals surface area contributed by atoms with Crippen LogP contribution in [0.2, 0.25) is 0 Å². The van der Waals surface area contributed by atoms with Crippen LogP contribution in [0.3, 0.4) is 0 Å². The summed E-state index contributed by atoms with van der Waals surface area (Å²) < 4.78 is 8.91. The molecule has 0 saturated carbocycles. The second-order valence-electron chi connectivity index (χ2n) is 12.4. The van der Waals surface area contributed by atoms with Gasteiger partial charge in [-0.2, -0.15) is 0 Å². The molecule has 0 saturated heterocycles. The fourth-order valence-electron chi connectivity index (χ4n) is 6.98. The Hall–Kier alpha value is -6.43. The van der Waals surface area contributed by atoms with Crippen molar-refractivity contribution in [2.75, 3.05) is 0 Å². The summed E-state index contributed by atoms with van der Waals surface area (Å²) in [7, 11) is 0. The first-order chi connectivity index (χ1) is 24.8. The number of nitrogens with zero attached hydrogens (tertiary/aromatic N) is 3. The lowest BCUT2D eigenvalue weighted by molar-refractivity contribution is 0.669. The van der Waals surface area contributed by atoms with Gasteiger partial charge in [0, 0.05) is 42.1 Å². The van der Waals surface area contributed by atoms with Gasteiger partial charge in [-0.1, -0.05) is 127 Å². The summed E-state index contributed by atoms with van der Waals surface area (Å²) in [5.41, 5.74) is 8.91. The van der Waals surface area contributed by atoms with Crippen LogP contribution in [-0.4, -0.2) is 15.0 Å². The molecular formula is C45H27N3OS. The van der Waals surface area contributed by atoms with Crippen LogP contribution < -0.4 is 0 Å². The molecule has 3 aromatic heterocycles. The summed E-state index contributed by atoms with van der Waals surface area (Å²) in [4.78, 5) is 15.6. The summed E-state index contributed by atoms with van der Waals surface area (Å²) in [6.45, 7) is 0. The van der Waals surface area contributed by atoms with Crippen molar-refractivity contribution in [3.05, 3.63) is 164 Å². The van der Waals surface area contributed by atoms with Crippen molar-refractivity contribution in [1.29, 1.82) is 0 Å². The van der Waals surface area contributed by atoms with Gasteiger partial charge in [0.2, 0.25) is 0 Å². The summed E-state index contributed by atoms with van der Waals surface area (Å²) in [6, 6.07) is 56.9. The minimum Gasteiger partial charge on any atom is -0.455 e. The van der Waals surface area contributed by atoms with Crippen LogP contribution in [0, 0.1) is 0 Å². The number of benzene rings is 7. The third kappa shape index (κ3) is 4.79. The van der Waals surface area contributed by atoms with E-state index >= 15 is 0 Å². The Morgan fingerprint density at radius 3 is 1.76 bits per heavy atom. The molecule has 50 heavy (non-hydrogen) atoms. The second kappa shape index (κ2) is 11.6. The normalized spacial score (nSPS) is 11.6. The van der Waals surface area contributed by atoms with Crippen LogP contribution in [0.5, 0.6) is 0 Å². The molecule has 0 aliphatic rings. The van der Waals surface area contributed by atoms with E-state index in [2.05, 4.69) is 133 Å². The molecule has 7 aromatic carbocycles. The van der Waals surface area contributed by atoms with Crippen LogP contribution in [-0.2, 0) is 0 Å². The van der Waals surface area contributed by atoms with Crippen LogP contribution in [0.1, 0.15) is 0 Å². The van der Waals surface area contributed by atoms with Crippen molar-refractivity contribution in [3.8, 4) is 56.4 Å². The van der Waals surface area contributed by atoms with Gasteiger partial charge in [-0.05, 0) is 58.7 Å². The number of aromatic nitrogens is 3. The van der Waals surface area contributed by atoms with Crippen molar-refractivity contribution in [1.82, 2.24) is 15.0 Å². The van der Waals surface area contributed by atoms with E-state index in [1.165, 1.54) is 25.9 Å². The molecule has 0 aliphatic carbocycles. The number of rotatable bonds is 5. The molecule has 0 unspecified atom stereocenters. The number of hydrogen-bond donors (Lipinski definition) is 0. The second-order valence-corrected chi connectivity index (χ2v) is 13.5. The Morgan fingerprint density at radius 1 is 0.380 bits per heavy atom. The van der Waals surface area contributed by atoms with E-state index in [9.17, 15) is 0 Å². The molecule has 0 bridgehead atoms. The fraction of sp³-hybridized carbons (Fsp3) is 0. The number of furan rings is 1. The largest absolute Gasteiger partial charge is 0.455 e. The third-order valence-electron chi connectivity index (χ3n) is 9.35. The van der Waals surface area contributed by atoms with Crippen molar-refractivity contribution in [2.24, 2.45) is 0 Å². The SMILES string of the molecule is c1ccc(-c2cccc(-c3cccc(-c4nc(-c5cccc6c5oc5ccccc56)nc(-c5cccc6sc7ccccc7c56)n4)c3)c2)cc1. The maximum atomic E-state index is 6.47. The van der Waals surface area contributed by atoms with Gasteiger partial charge >= 0.3 is 0 Å². The summed E-state index contributed by atoms with van der Waals surface area (Å²) in [6.07, 6.45) is 0. The zero-order valence-corrected chi connectivity index (χ0v) is 27.6. The predicted octanol–water partition coefficient (Wildman–Crippen LogP) is 12.5. The van der Waals surface area contributed by atoms with Crippen molar-refractivity contribution in [2.45, 2.75) is 0 Å². The first kappa shape index (κ1) is 28.6. The Bertz CT molecular complexity index is 2890. The first-order valence-corrected chi connectivity index (χ1v) is 17.4. The van der Waals surface area contributed by atoms with E-state index in [0.717, 1.165) is 55.1 Å². The lowest BCUT2D eigenvalue weighted by Gasteiger charge is -2.11. The van der Waals surface area contributed by atoms with Crippen molar-refractivity contribution < 1.29 is 4.42 Å². The quantitative estimate of drug-likeness (QED) is 0.185. The molecule has 0 fully saturated rings. The first-order valence-electron chi connectivity index (χ1n) is 16.6. The van der Waals surface area contributed by atoms with Gasteiger partial charge in [0.15, 0.2) is 17.5 Å². The highest BCUT2D eigenvalue weighted by molar-refractivity contribution is 7.25. The van der Waals surface area contributed by atoms with Crippen molar-refractivity contribution in [3.63, 3.8) is 0 Å². The molecule has 0 amide bonds. The maximum absolute atomic E-state index is 6.47. The summed E-state index contributed by atoms with van der Waals surface area (Å²) in [5, 5.41) is 4.46. The zero-order chi connectivity index (χ0) is 33.0. The molecule has 0 spiro atoms. The van der Waals surface area contributed by atoms with Gasteiger partial charge in [-0.25, -0.2) is 15.0 Å². The Morgan fingerprint density at radius 2 is 0.920 bits per heavy atom. The molecule has 0 radical (unpaired) electrons. The van der Waals surface area contributed by atoms with Gasteiger partial charge in [0.05, 0.1) is 5.56 Å². The molecule has 10 rings (SSSR count). The molecule has 0 atom stereocenters. The lowest BCUT2D eigenvalue weighted by Crippen LogP contribution is -2.00. The van der Waals surface area contributed by atoms with Gasteiger partial charge in [0.1, 0.15) is 11.2 Å². The molecule has 0 N–H and O–H groups in total. The van der Waals surface area contributed by atoms with E-state index in [4.69, 9.17) is 19.4 Å². The van der Waals surface area contributed by atoms with E-state index in [1.807, 2.05) is 30.3 Å². The predicted molar refractivity (Wildman–Crippen MR) is 207 cm³/mol. The van der Waals surface area contributed by atoms with Crippen LogP contribution in [0.15, 0.2) is 168 Å². The number of hydrogen-bond acceptors (Lipinski definition) is 5. The van der Waals surface area contributed by atoms with Crippen LogP contribution in [0.4, 0.5) is 0 Å². The third-order valence-corrected chi connectivity index (χ3v) is 10.5. The standard InChI is InChI=1S/C45H27N3OS/c1-2-12-28(13-3-1)29-14-8-15-30(26-29)31-16-9-17-32(27-31)43-46-44(36-21-11-25-40-41(36)35-19-5-7-24-39(35)50-40)48-45(47-43)37-22-10-20-34-33-18-4-6-23-38(33)49-42(34)37/h1-27H. The summed E-state index contributed by atoms with van der Waals surface area (Å²) >= 11 is 1.79. The molecule has 5 heteroatoms. The van der Waals surface area contributed by atoms with E-state index in [0.29, 0.717) is 17.5 Å². The van der Waals surface area contributed by atoms with Crippen LogP contribution >= 0.6 is 11.3 Å². The van der Waals surface area contributed by atoms with E-state index < -0.39 is 0 Å². The smallest absolute Gasteiger partial charge is 0.167 e. The maximum Gasteiger partial charge on any atom is 0.167 e. The molecule has 3 heterocycles. The minimum atomic E-state index is 0.572. The molecular weight excluding hydrogens is 631 g/mol. The highest BCUT2D eigenvalue weighted by Gasteiger charge is 2.20. The van der Waals surface area contributed by atoms with Gasteiger partial charge in [-0.15, -0.1) is 11.3 Å². The Kier molecular flexibility index (Phi) is 6.64. The number of fused-ring (bicyclic) bond motifs is 6. The highest BCUT2D eigenvalue weighted by atomic mass is 32.1. The topological polar surface area (TPSA) is 51.8 Å². The molecule has 10 aromatic rings. The average Bonchev–Trinajstić information content (AvgIpc) is 3.77. The lowest BCUT2D eigenvalue weighted by atomic mass is 9.98. The fourth-order valence-corrected chi connectivity index (χ4v) is 8.11.